The molecule has 3 heterocycles. The molecule has 0 spiro atoms. The van der Waals surface area contributed by atoms with Crippen molar-refractivity contribution in [3.63, 3.8) is 0 Å². The Morgan fingerprint density at radius 1 is 1.11 bits per heavy atom. The minimum Gasteiger partial charge on any atom is -0.501 e. The average molecular weight is 473 g/mol. The van der Waals surface area contributed by atoms with Crippen LogP contribution in [0, 0.1) is 0 Å². The van der Waals surface area contributed by atoms with Crippen molar-refractivity contribution in [2.24, 2.45) is 0 Å². The van der Waals surface area contributed by atoms with Gasteiger partial charge in [-0.3, -0.25) is 9.59 Å². The van der Waals surface area contributed by atoms with E-state index in [1.54, 1.807) is 14.2 Å². The topological polar surface area (TPSA) is 88.6 Å². The maximum Gasteiger partial charge on any atom is 0.252 e. The second-order valence-electron chi connectivity index (χ2n) is 9.53. The van der Waals surface area contributed by atoms with Crippen LogP contribution in [-0.2, 0) is 17.8 Å². The van der Waals surface area contributed by atoms with Crippen LogP contribution in [-0.4, -0.2) is 61.0 Å². The minimum atomic E-state index is -0.115. The van der Waals surface area contributed by atoms with Gasteiger partial charge in [-0.15, -0.1) is 0 Å². The Bertz CT molecular complexity index is 1590. The molecule has 2 aromatic carbocycles. The van der Waals surface area contributed by atoms with Crippen LogP contribution in [0.5, 0.6) is 5.75 Å². The molecule has 8 nitrogen and oxygen atoms in total. The summed E-state index contributed by atoms with van der Waals surface area (Å²) < 4.78 is 13.3. The van der Waals surface area contributed by atoms with Crippen molar-refractivity contribution in [1.82, 2.24) is 19.8 Å². The Hall–Kier alpha value is -3.78. The lowest BCUT2D eigenvalue weighted by atomic mass is 9.93. The fourth-order valence-electron chi connectivity index (χ4n) is 5.67. The Morgan fingerprint density at radius 2 is 1.94 bits per heavy atom. The highest BCUT2D eigenvalue weighted by molar-refractivity contribution is 6.28. The number of ether oxygens (including phenoxy) is 2. The summed E-state index contributed by atoms with van der Waals surface area (Å²) in [6.07, 6.45) is 3.06. The second-order valence-corrected chi connectivity index (χ2v) is 9.53. The largest absolute Gasteiger partial charge is 0.501 e. The number of fused-ring (bicyclic) bond motifs is 10. The summed E-state index contributed by atoms with van der Waals surface area (Å²) in [5, 5.41) is 5.90. The number of Topliss-reactive ketones (excluding diaryl/α,β-unsaturated/α-hetero) is 1. The fourth-order valence-corrected chi connectivity index (χ4v) is 5.67. The standard InChI is InChI=1S/C27H28N4O4/c1-30(2)8-5-9-31-19-7-6-14(34-3)10-16(19)21-18-13-28-27(33)23(18)22-17-11-15(35-4)12-20(32)24(17)29-25(22)26(21)31/h6-7,10-11,29H,5,8-9,12-13H2,1-4H3,(H,28,33). The molecule has 1 amide bonds. The Kier molecular flexibility index (Phi) is 4.89. The molecule has 8 heteroatoms. The van der Waals surface area contributed by atoms with Gasteiger partial charge >= 0.3 is 0 Å². The summed E-state index contributed by atoms with van der Waals surface area (Å²) in [7, 11) is 7.38. The van der Waals surface area contributed by atoms with Gasteiger partial charge in [-0.05, 0) is 56.9 Å². The highest BCUT2D eigenvalue weighted by Gasteiger charge is 2.34. The zero-order valence-corrected chi connectivity index (χ0v) is 20.4. The lowest BCUT2D eigenvalue weighted by Gasteiger charge is -2.13. The molecule has 6 rings (SSSR count). The molecule has 0 unspecified atom stereocenters. The number of carbonyl (C=O) groups is 2. The minimum absolute atomic E-state index is 0.0345. The number of methoxy groups -OCH3 is 2. The van der Waals surface area contributed by atoms with E-state index in [0.717, 1.165) is 69.1 Å². The number of aryl methyl sites for hydroxylation is 1. The lowest BCUT2D eigenvalue weighted by Crippen LogP contribution is -2.15. The first kappa shape index (κ1) is 21.7. The molecule has 2 N–H and O–H groups in total. The number of amides is 1. The van der Waals surface area contributed by atoms with Crippen molar-refractivity contribution in [3.05, 3.63) is 46.3 Å². The highest BCUT2D eigenvalue weighted by Crippen LogP contribution is 2.45. The van der Waals surface area contributed by atoms with E-state index >= 15 is 0 Å². The summed E-state index contributed by atoms with van der Waals surface area (Å²) in [5.74, 6) is 1.22. The quantitative estimate of drug-likeness (QED) is 0.442. The normalized spacial score (nSPS) is 15.2. The Labute approximate surface area is 202 Å². The molecule has 180 valence electrons. The van der Waals surface area contributed by atoms with Crippen molar-refractivity contribution < 1.29 is 19.1 Å². The van der Waals surface area contributed by atoms with Gasteiger partial charge in [0.2, 0.25) is 0 Å². The number of H-pyrrole nitrogens is 1. The predicted molar refractivity (Wildman–Crippen MR) is 136 cm³/mol. The van der Waals surface area contributed by atoms with Crippen LogP contribution in [0.3, 0.4) is 0 Å². The van der Waals surface area contributed by atoms with Gasteiger partial charge in [0, 0.05) is 40.3 Å². The molecule has 0 fully saturated rings. The molecule has 1 aliphatic carbocycles. The second kappa shape index (κ2) is 7.88. The van der Waals surface area contributed by atoms with E-state index in [1.807, 2.05) is 18.2 Å². The number of nitrogens with zero attached hydrogens (tertiary/aromatic N) is 2. The van der Waals surface area contributed by atoms with Crippen LogP contribution in [0.4, 0.5) is 0 Å². The van der Waals surface area contributed by atoms with Crippen LogP contribution in [0.25, 0.3) is 38.8 Å². The first-order chi connectivity index (χ1) is 16.9. The molecule has 0 bridgehead atoms. The molecule has 0 saturated heterocycles. The highest BCUT2D eigenvalue weighted by atomic mass is 16.5. The number of carbonyl (C=O) groups excluding carboxylic acids is 2. The molecule has 4 aromatic rings. The summed E-state index contributed by atoms with van der Waals surface area (Å²) >= 11 is 0. The molecule has 0 saturated carbocycles. The van der Waals surface area contributed by atoms with Crippen LogP contribution in [0.1, 0.15) is 44.8 Å². The summed E-state index contributed by atoms with van der Waals surface area (Å²) in [6, 6.07) is 6.11. The smallest absolute Gasteiger partial charge is 0.252 e. The first-order valence-corrected chi connectivity index (χ1v) is 11.8. The van der Waals surface area contributed by atoms with Crippen molar-refractivity contribution in [2.45, 2.75) is 25.9 Å². The van der Waals surface area contributed by atoms with Gasteiger partial charge < -0.3 is 29.2 Å². The third kappa shape index (κ3) is 3.09. The molecular formula is C27H28N4O4. The number of hydrogen-bond acceptors (Lipinski definition) is 5. The molecule has 0 radical (unpaired) electrons. The number of aromatic amines is 1. The van der Waals surface area contributed by atoms with Crippen LogP contribution < -0.4 is 10.1 Å². The van der Waals surface area contributed by atoms with Gasteiger partial charge in [0.25, 0.3) is 5.91 Å². The van der Waals surface area contributed by atoms with E-state index in [2.05, 4.69) is 39.9 Å². The first-order valence-electron chi connectivity index (χ1n) is 11.8. The Balaban J connectivity index is 1.78. The summed E-state index contributed by atoms with van der Waals surface area (Å²) in [4.78, 5) is 31.8. The monoisotopic (exact) mass is 472 g/mol. The molecule has 2 aromatic heterocycles. The average Bonchev–Trinajstić information content (AvgIpc) is 3.50. The number of hydrogen-bond donors (Lipinski definition) is 2. The third-order valence-corrected chi connectivity index (χ3v) is 7.22. The van der Waals surface area contributed by atoms with E-state index < -0.39 is 0 Å². The number of aromatic nitrogens is 2. The van der Waals surface area contributed by atoms with Gasteiger partial charge in [-0.2, -0.15) is 0 Å². The fraction of sp³-hybridized carbons (Fsp3) is 0.333. The SMILES string of the molecule is COC1=Cc2c([nH]c3c2c2c(c4c5cc(OC)ccc5n(CCCN(C)C)c34)CNC2=O)C(=O)C1. The molecule has 35 heavy (non-hydrogen) atoms. The number of ketones is 1. The van der Waals surface area contributed by atoms with Gasteiger partial charge in [0.15, 0.2) is 5.78 Å². The summed E-state index contributed by atoms with van der Waals surface area (Å²) in [5.41, 5.74) is 5.81. The lowest BCUT2D eigenvalue weighted by molar-refractivity contribution is 0.0957. The van der Waals surface area contributed by atoms with Gasteiger partial charge in [-0.25, -0.2) is 0 Å². The number of allylic oxidation sites excluding steroid dienone is 1. The van der Waals surface area contributed by atoms with Gasteiger partial charge in [0.1, 0.15) is 11.5 Å². The van der Waals surface area contributed by atoms with E-state index in [4.69, 9.17) is 9.47 Å². The van der Waals surface area contributed by atoms with Crippen molar-refractivity contribution >= 4 is 50.5 Å². The maximum absolute atomic E-state index is 13.2. The molecule has 1 aliphatic heterocycles. The van der Waals surface area contributed by atoms with E-state index in [-0.39, 0.29) is 18.1 Å². The number of nitrogens with one attached hydrogen (secondary N) is 2. The van der Waals surface area contributed by atoms with Crippen molar-refractivity contribution in [2.75, 3.05) is 34.9 Å². The van der Waals surface area contributed by atoms with E-state index in [9.17, 15) is 9.59 Å². The van der Waals surface area contributed by atoms with Crippen molar-refractivity contribution in [3.8, 4) is 5.75 Å². The van der Waals surface area contributed by atoms with Crippen LogP contribution in [0.15, 0.2) is 24.0 Å². The van der Waals surface area contributed by atoms with E-state index in [1.165, 1.54) is 0 Å². The van der Waals surface area contributed by atoms with Gasteiger partial charge in [0.05, 0.1) is 42.9 Å². The van der Waals surface area contributed by atoms with Crippen LogP contribution in [0.2, 0.25) is 0 Å². The zero-order chi connectivity index (χ0) is 24.4. The number of rotatable bonds is 6. The molecular weight excluding hydrogens is 444 g/mol. The van der Waals surface area contributed by atoms with Crippen LogP contribution >= 0.6 is 0 Å². The van der Waals surface area contributed by atoms with Gasteiger partial charge in [-0.1, -0.05) is 0 Å². The maximum atomic E-state index is 13.2. The summed E-state index contributed by atoms with van der Waals surface area (Å²) in [6.45, 7) is 2.20. The Morgan fingerprint density at radius 3 is 2.69 bits per heavy atom. The molecule has 2 aliphatic rings. The number of benzene rings is 2. The third-order valence-electron chi connectivity index (χ3n) is 7.22. The van der Waals surface area contributed by atoms with E-state index in [0.29, 0.717) is 23.6 Å². The predicted octanol–water partition coefficient (Wildman–Crippen LogP) is 4.05. The molecule has 0 atom stereocenters. The zero-order valence-electron chi connectivity index (χ0n) is 20.4. The van der Waals surface area contributed by atoms with Crippen molar-refractivity contribution in [1.29, 1.82) is 0 Å².